The molecule has 0 radical (unpaired) electrons. The van der Waals surface area contributed by atoms with Crippen LogP contribution in [-0.2, 0) is 51.2 Å². The predicted molar refractivity (Wildman–Crippen MR) is 228 cm³/mol. The second kappa shape index (κ2) is 22.8. The number of fused-ring (bicyclic) bond motifs is 1. The fourth-order valence-electron chi connectivity index (χ4n) is 6.91. The molecule has 2 aromatic heterocycles. The molecule has 20 nitrogen and oxygen atoms in total. The van der Waals surface area contributed by atoms with Crippen LogP contribution in [0.4, 0.5) is 0 Å². The molecule has 1 aliphatic rings. The van der Waals surface area contributed by atoms with Crippen LogP contribution in [0.3, 0.4) is 0 Å². The summed E-state index contributed by atoms with van der Waals surface area (Å²) in [6.07, 6.45) is 4.41. The molecule has 3 aromatic rings. The summed E-state index contributed by atoms with van der Waals surface area (Å²) in [6.45, 7) is 3.74. The van der Waals surface area contributed by atoms with Crippen LogP contribution in [0.5, 0.6) is 0 Å². The van der Waals surface area contributed by atoms with Crippen molar-refractivity contribution >= 4 is 83.5 Å². The van der Waals surface area contributed by atoms with Crippen molar-refractivity contribution in [2.45, 2.75) is 101 Å². The van der Waals surface area contributed by atoms with Gasteiger partial charge in [0.15, 0.2) is 0 Å². The fourth-order valence-corrected chi connectivity index (χ4v) is 7.34. The molecule has 7 atom stereocenters. The van der Waals surface area contributed by atoms with Gasteiger partial charge in [-0.25, -0.2) is 9.78 Å². The Balaban J connectivity index is 1.55. The summed E-state index contributed by atoms with van der Waals surface area (Å²) in [5, 5.41) is 32.8. The van der Waals surface area contributed by atoms with Crippen molar-refractivity contribution in [3.8, 4) is 0 Å². The van der Waals surface area contributed by atoms with Crippen molar-refractivity contribution in [1.82, 2.24) is 46.4 Å². The van der Waals surface area contributed by atoms with Gasteiger partial charge >= 0.3 is 11.9 Å². The van der Waals surface area contributed by atoms with Gasteiger partial charge in [-0.05, 0) is 43.2 Å². The zero-order valence-corrected chi connectivity index (χ0v) is 35.5. The number of hydrogen-bond acceptors (Lipinski definition) is 12. The molecule has 1 fully saturated rings. The number of imidazole rings is 1. The lowest BCUT2D eigenvalue weighted by molar-refractivity contribution is -0.149. The molecule has 1 saturated heterocycles. The summed E-state index contributed by atoms with van der Waals surface area (Å²) in [6, 6.07) is -1.42. The Hall–Kier alpha value is -5.61. The lowest BCUT2D eigenvalue weighted by Crippen LogP contribution is -2.60. The van der Waals surface area contributed by atoms with E-state index in [-0.39, 0.29) is 56.1 Å². The average molecular weight is 887 g/mol. The highest BCUT2D eigenvalue weighted by atomic mass is 32.1. The van der Waals surface area contributed by atoms with Gasteiger partial charge in [-0.2, -0.15) is 25.3 Å². The summed E-state index contributed by atoms with van der Waals surface area (Å²) in [7, 11) is 0. The van der Waals surface area contributed by atoms with Gasteiger partial charge in [0, 0.05) is 60.6 Å². The van der Waals surface area contributed by atoms with Gasteiger partial charge in [0.05, 0.1) is 18.1 Å². The number of rotatable bonds is 23. The molecule has 0 bridgehead atoms. The Morgan fingerprint density at radius 1 is 0.820 bits per heavy atom. The molecule has 0 aliphatic carbocycles. The van der Waals surface area contributed by atoms with Gasteiger partial charge in [0.1, 0.15) is 36.3 Å². The minimum absolute atomic E-state index is 0.0123. The van der Waals surface area contributed by atoms with Crippen LogP contribution < -0.4 is 32.3 Å². The Kier molecular flexibility index (Phi) is 18.0. The number of amides is 6. The molecule has 6 amide bonds. The summed E-state index contributed by atoms with van der Waals surface area (Å²) >= 11 is 8.27. The molecule has 0 spiro atoms. The molecule has 1 aliphatic heterocycles. The van der Waals surface area contributed by atoms with Crippen LogP contribution in [0.25, 0.3) is 10.9 Å². The van der Waals surface area contributed by atoms with Crippen LogP contribution in [0.15, 0.2) is 43.0 Å². The number of thiol groups is 2. The number of para-hydroxylation sites is 1. The second-order valence-electron chi connectivity index (χ2n) is 15.2. The molecular weight excluding hydrogens is 833 g/mol. The van der Waals surface area contributed by atoms with Gasteiger partial charge < -0.3 is 57.4 Å². The van der Waals surface area contributed by atoms with E-state index in [0.717, 1.165) is 10.9 Å². The quantitative estimate of drug-likeness (QED) is 0.0525. The number of carboxylic acids is 2. The van der Waals surface area contributed by atoms with Crippen LogP contribution in [0.1, 0.15) is 57.2 Å². The van der Waals surface area contributed by atoms with E-state index in [9.17, 15) is 48.6 Å². The Bertz CT molecular complexity index is 2030. The Morgan fingerprint density at radius 3 is 2.08 bits per heavy atom. The van der Waals surface area contributed by atoms with Crippen molar-refractivity contribution in [3.63, 3.8) is 0 Å². The lowest BCUT2D eigenvalue weighted by Gasteiger charge is -2.29. The lowest BCUT2D eigenvalue weighted by atomic mass is 10.0. The largest absolute Gasteiger partial charge is 0.481 e. The molecule has 11 N–H and O–H groups in total. The molecule has 61 heavy (non-hydrogen) atoms. The van der Waals surface area contributed by atoms with Gasteiger partial charge in [-0.15, -0.1) is 0 Å². The number of nitrogens with one attached hydrogen (secondary N) is 7. The van der Waals surface area contributed by atoms with E-state index in [2.05, 4.69) is 66.8 Å². The van der Waals surface area contributed by atoms with E-state index in [1.54, 1.807) is 20.0 Å². The van der Waals surface area contributed by atoms with E-state index in [1.165, 1.54) is 17.4 Å². The maximum absolute atomic E-state index is 14.2. The third-order valence-corrected chi connectivity index (χ3v) is 10.9. The summed E-state index contributed by atoms with van der Waals surface area (Å²) in [5.74, 6) is -7.52. The number of likely N-dealkylation sites (tertiary alicyclic amines) is 1. The highest BCUT2D eigenvalue weighted by Crippen LogP contribution is 2.23. The number of aliphatic carboxylic acids is 2. The predicted octanol–water partition coefficient (Wildman–Crippen LogP) is -0.726. The minimum atomic E-state index is -1.37. The summed E-state index contributed by atoms with van der Waals surface area (Å²) in [5.41, 5.74) is 7.58. The molecule has 0 saturated carbocycles. The number of hydrogen-bond donors (Lipinski definition) is 12. The minimum Gasteiger partial charge on any atom is -0.481 e. The van der Waals surface area contributed by atoms with Crippen LogP contribution >= 0.6 is 25.3 Å². The van der Waals surface area contributed by atoms with Crippen molar-refractivity contribution in [2.24, 2.45) is 11.7 Å². The molecule has 3 heterocycles. The van der Waals surface area contributed by atoms with Crippen molar-refractivity contribution in [2.75, 3.05) is 18.1 Å². The van der Waals surface area contributed by atoms with Crippen molar-refractivity contribution in [3.05, 3.63) is 54.2 Å². The average Bonchev–Trinajstić information content (AvgIpc) is 4.02. The smallest absolute Gasteiger partial charge is 0.326 e. The standard InChI is InChI=1S/C39H54N10O10S2/c1-20(2)12-27(45-34(53)26(9-10-32(50)51)44-33(52)24(40)17-60)35(54)48-30(18-61)37(56)46-28(14-22-16-41-19-43-22)36(55)47-29(38(57)49-11-5-8-31(49)39(58)59)13-21-15-42-25-7-4-3-6-23(21)25/h3-4,6-7,15-16,19-20,24,26-31,42,60-61H,5,8-14,17-18,40H2,1-2H3,(H,41,43)(H,44,52)(H,45,53)(H,46,56)(H,47,55)(H,48,54)(H,50,51)(H,58,59)/t24-,26-,27-,28-,29-,30-,31-/m0/s1. The van der Waals surface area contributed by atoms with Gasteiger partial charge in [-0.1, -0.05) is 32.0 Å². The van der Waals surface area contributed by atoms with Crippen molar-refractivity contribution in [1.29, 1.82) is 0 Å². The number of benzene rings is 1. The number of nitrogens with zero attached hydrogens (tertiary/aromatic N) is 2. The molecule has 4 rings (SSSR count). The number of aromatic nitrogens is 3. The van der Waals surface area contributed by atoms with E-state index >= 15 is 0 Å². The monoisotopic (exact) mass is 886 g/mol. The van der Waals surface area contributed by atoms with Gasteiger partial charge in [0.2, 0.25) is 35.4 Å². The Morgan fingerprint density at radius 2 is 1.44 bits per heavy atom. The van der Waals surface area contributed by atoms with E-state index in [0.29, 0.717) is 17.7 Å². The third kappa shape index (κ3) is 13.7. The summed E-state index contributed by atoms with van der Waals surface area (Å²) < 4.78 is 0. The van der Waals surface area contributed by atoms with E-state index in [1.807, 2.05) is 24.3 Å². The van der Waals surface area contributed by atoms with E-state index in [4.69, 9.17) is 5.73 Å². The molecule has 22 heteroatoms. The maximum atomic E-state index is 14.2. The zero-order chi connectivity index (χ0) is 44.8. The van der Waals surface area contributed by atoms with Crippen molar-refractivity contribution < 1.29 is 48.6 Å². The molecule has 0 unspecified atom stereocenters. The molecule has 1 aromatic carbocycles. The van der Waals surface area contributed by atoms with Gasteiger partial charge in [-0.3, -0.25) is 33.6 Å². The number of H-pyrrole nitrogens is 2. The second-order valence-corrected chi connectivity index (χ2v) is 15.9. The summed E-state index contributed by atoms with van der Waals surface area (Å²) in [4.78, 5) is 117. The topological polar surface area (TPSA) is 311 Å². The third-order valence-electron chi connectivity index (χ3n) is 10.1. The number of aromatic amines is 2. The van der Waals surface area contributed by atoms with E-state index < -0.39 is 96.1 Å². The Labute approximate surface area is 362 Å². The maximum Gasteiger partial charge on any atom is 0.326 e. The first kappa shape index (κ1) is 48.1. The SMILES string of the molecule is CC(C)C[C@H](NC(=O)[C@H](CCC(=O)O)NC(=O)[C@@H](N)CS)C(=O)N[C@@H](CS)C(=O)N[C@@H](Cc1c[nH]cn1)C(=O)N[C@@H](Cc1c[nH]c2ccccc12)C(=O)N1CCC[C@H]1C(=O)O. The fraction of sp³-hybridized carbons (Fsp3) is 0.513. The van der Waals surface area contributed by atoms with Crippen LogP contribution in [-0.4, -0.2) is 138 Å². The number of carbonyl (C=O) groups is 8. The highest BCUT2D eigenvalue weighted by molar-refractivity contribution is 7.80. The first-order chi connectivity index (χ1) is 29.0. The van der Waals surface area contributed by atoms with Gasteiger partial charge in [0.25, 0.3) is 0 Å². The normalized spacial score (nSPS) is 16.8. The first-order valence-corrected chi connectivity index (χ1v) is 21.1. The zero-order valence-electron chi connectivity index (χ0n) is 33.8. The number of carbonyl (C=O) groups excluding carboxylic acids is 6. The van der Waals surface area contributed by atoms with Crippen LogP contribution in [0, 0.1) is 5.92 Å². The highest BCUT2D eigenvalue weighted by Gasteiger charge is 2.39. The number of carboxylic acid groups (broad SMARTS) is 2. The number of nitrogens with two attached hydrogens (primary N) is 1. The molecular formula is C39H54N10O10S2. The van der Waals surface area contributed by atoms with Crippen LogP contribution in [0.2, 0.25) is 0 Å². The molecule has 332 valence electrons. The first-order valence-electron chi connectivity index (χ1n) is 19.8.